The molecule has 6 rings (SSSR count). The molecular formula is C34H41FN4O3. The Morgan fingerprint density at radius 2 is 2.00 bits per heavy atom. The van der Waals surface area contributed by atoms with E-state index in [-0.39, 0.29) is 29.9 Å². The zero-order valence-electron chi connectivity index (χ0n) is 24.3. The summed E-state index contributed by atoms with van der Waals surface area (Å²) in [6, 6.07) is 17.4. The summed E-state index contributed by atoms with van der Waals surface area (Å²) in [5.41, 5.74) is 2.10. The maximum absolute atomic E-state index is 14.2. The largest absolute Gasteiger partial charge is 0.487 e. The van der Waals surface area contributed by atoms with Gasteiger partial charge < -0.3 is 25.4 Å². The molecule has 1 saturated carbocycles. The minimum absolute atomic E-state index is 0.151. The molecule has 1 aliphatic carbocycles. The number of piperidine rings is 1. The predicted octanol–water partition coefficient (Wildman–Crippen LogP) is 5.20. The minimum Gasteiger partial charge on any atom is -0.487 e. The van der Waals surface area contributed by atoms with Crippen molar-refractivity contribution in [3.63, 3.8) is 0 Å². The van der Waals surface area contributed by atoms with Crippen molar-refractivity contribution in [3.05, 3.63) is 89.4 Å². The van der Waals surface area contributed by atoms with E-state index in [0.717, 1.165) is 62.1 Å². The minimum atomic E-state index is -0.879. The molecule has 0 radical (unpaired) electrons. The van der Waals surface area contributed by atoms with Crippen LogP contribution < -0.4 is 20.3 Å². The Bertz CT molecular complexity index is 1380. The van der Waals surface area contributed by atoms with Gasteiger partial charge in [-0.05, 0) is 80.3 Å². The van der Waals surface area contributed by atoms with Crippen LogP contribution >= 0.6 is 0 Å². The Labute approximate surface area is 247 Å². The second-order valence-corrected chi connectivity index (χ2v) is 12.4. The standard InChI is InChI=1S/C34H41FN4O3/c1-23-7-5-16-39(22-23)32-18-25(12-15-36-32)33(41)38-28(17-24-8-3-2-4-9-24)30(40)21-37-29-20-34(13-6-14-34)42-31-11-10-26(35)19-27(29)31/h2-4,8-12,15,18-19,23,28-30,37,40H,5-7,13-14,16-17,20-22H2,1H3,(H,38,41)/t23?,28-,29-,30+/m0/s1. The zero-order chi connectivity index (χ0) is 29.1. The Morgan fingerprint density at radius 1 is 1.17 bits per heavy atom. The monoisotopic (exact) mass is 572 g/mol. The van der Waals surface area contributed by atoms with Gasteiger partial charge >= 0.3 is 0 Å². The van der Waals surface area contributed by atoms with Gasteiger partial charge in [0.1, 0.15) is 23.0 Å². The number of benzene rings is 2. The van der Waals surface area contributed by atoms with Crippen molar-refractivity contribution in [3.8, 4) is 5.75 Å². The maximum atomic E-state index is 14.2. The topological polar surface area (TPSA) is 86.7 Å². The molecule has 1 saturated heterocycles. The Kier molecular flexibility index (Phi) is 8.45. The van der Waals surface area contributed by atoms with Crippen molar-refractivity contribution in [2.45, 2.75) is 75.7 Å². The quantitative estimate of drug-likeness (QED) is 0.327. The molecule has 4 atom stereocenters. The second-order valence-electron chi connectivity index (χ2n) is 12.4. The van der Waals surface area contributed by atoms with Gasteiger partial charge in [0, 0.05) is 49.4 Å². The van der Waals surface area contributed by atoms with E-state index in [2.05, 4.69) is 27.4 Å². The number of fused-ring (bicyclic) bond motifs is 1. The van der Waals surface area contributed by atoms with E-state index in [1.807, 2.05) is 36.4 Å². The molecule has 42 heavy (non-hydrogen) atoms. The number of rotatable bonds is 9. The average Bonchev–Trinajstić information content (AvgIpc) is 2.99. The molecule has 7 nitrogen and oxygen atoms in total. The lowest BCUT2D eigenvalue weighted by Gasteiger charge is -2.48. The molecule has 222 valence electrons. The van der Waals surface area contributed by atoms with E-state index in [1.54, 1.807) is 18.3 Å². The van der Waals surface area contributed by atoms with Crippen molar-refractivity contribution in [1.29, 1.82) is 0 Å². The third-order valence-corrected chi connectivity index (χ3v) is 9.16. The maximum Gasteiger partial charge on any atom is 0.251 e. The number of ether oxygens (including phenoxy) is 1. The van der Waals surface area contributed by atoms with Crippen LogP contribution in [0.5, 0.6) is 5.75 Å². The van der Waals surface area contributed by atoms with E-state index in [1.165, 1.54) is 18.6 Å². The molecule has 1 aromatic heterocycles. The average molecular weight is 573 g/mol. The van der Waals surface area contributed by atoms with Gasteiger partial charge in [-0.25, -0.2) is 9.37 Å². The third-order valence-electron chi connectivity index (χ3n) is 9.16. The molecule has 2 aromatic carbocycles. The normalized spacial score (nSPS) is 22.4. The number of nitrogens with zero attached hydrogens (tertiary/aromatic N) is 2. The van der Waals surface area contributed by atoms with Crippen molar-refractivity contribution in [2.75, 3.05) is 24.5 Å². The molecule has 3 N–H and O–H groups in total. The molecule has 3 aromatic rings. The summed E-state index contributed by atoms with van der Waals surface area (Å²) >= 11 is 0. The van der Waals surface area contributed by atoms with E-state index >= 15 is 0 Å². The summed E-state index contributed by atoms with van der Waals surface area (Å²) in [5, 5.41) is 18.1. The molecule has 1 unspecified atom stereocenters. The molecule has 0 bridgehead atoms. The lowest BCUT2D eigenvalue weighted by Crippen LogP contribution is -2.52. The van der Waals surface area contributed by atoms with Crippen LogP contribution in [0.1, 0.15) is 73.0 Å². The molecule has 2 fully saturated rings. The van der Waals surface area contributed by atoms with E-state index in [9.17, 15) is 14.3 Å². The van der Waals surface area contributed by atoms with Crippen molar-refractivity contribution < 1.29 is 19.0 Å². The number of amides is 1. The number of anilines is 1. The van der Waals surface area contributed by atoms with Gasteiger partial charge in [0.15, 0.2) is 0 Å². The number of pyridine rings is 1. The number of hydrogen-bond donors (Lipinski definition) is 3. The summed E-state index contributed by atoms with van der Waals surface area (Å²) in [4.78, 5) is 20.3. The smallest absolute Gasteiger partial charge is 0.251 e. The van der Waals surface area contributed by atoms with Gasteiger partial charge in [-0.2, -0.15) is 0 Å². The highest BCUT2D eigenvalue weighted by molar-refractivity contribution is 5.95. The predicted molar refractivity (Wildman–Crippen MR) is 161 cm³/mol. The lowest BCUT2D eigenvalue weighted by molar-refractivity contribution is -0.0383. The number of carbonyl (C=O) groups is 1. The van der Waals surface area contributed by atoms with Crippen LogP contribution in [0.25, 0.3) is 0 Å². The number of halogens is 1. The van der Waals surface area contributed by atoms with Crippen molar-refractivity contribution >= 4 is 11.7 Å². The van der Waals surface area contributed by atoms with Gasteiger partial charge in [0.2, 0.25) is 0 Å². The van der Waals surface area contributed by atoms with Gasteiger partial charge in [-0.1, -0.05) is 37.3 Å². The Morgan fingerprint density at radius 3 is 2.76 bits per heavy atom. The fraction of sp³-hybridized carbons (Fsp3) is 0.471. The van der Waals surface area contributed by atoms with Crippen LogP contribution in [-0.4, -0.2) is 53.4 Å². The molecule has 2 aliphatic heterocycles. The Balaban J connectivity index is 1.17. The summed E-state index contributed by atoms with van der Waals surface area (Å²) in [5.74, 6) is 1.57. The molecular weight excluding hydrogens is 531 g/mol. The summed E-state index contributed by atoms with van der Waals surface area (Å²) in [6.07, 6.45) is 7.39. The van der Waals surface area contributed by atoms with Crippen LogP contribution in [0.4, 0.5) is 10.2 Å². The summed E-state index contributed by atoms with van der Waals surface area (Å²) < 4.78 is 20.5. The van der Waals surface area contributed by atoms with Gasteiger partial charge in [-0.3, -0.25) is 4.79 Å². The van der Waals surface area contributed by atoms with Crippen LogP contribution in [0.15, 0.2) is 66.9 Å². The molecule has 1 amide bonds. The highest BCUT2D eigenvalue weighted by Gasteiger charge is 2.45. The number of hydrogen-bond acceptors (Lipinski definition) is 6. The van der Waals surface area contributed by atoms with Crippen LogP contribution in [0.2, 0.25) is 0 Å². The highest BCUT2D eigenvalue weighted by atomic mass is 19.1. The summed E-state index contributed by atoms with van der Waals surface area (Å²) in [6.45, 7) is 4.35. The first-order valence-electron chi connectivity index (χ1n) is 15.3. The third kappa shape index (κ3) is 6.45. The second kappa shape index (κ2) is 12.4. The molecule has 1 spiro atoms. The van der Waals surface area contributed by atoms with Gasteiger partial charge in [-0.15, -0.1) is 0 Å². The first kappa shape index (κ1) is 28.6. The Hall–Kier alpha value is -3.49. The number of aliphatic hydroxyl groups excluding tert-OH is 1. The number of nitrogens with one attached hydrogen (secondary N) is 2. The zero-order valence-corrected chi connectivity index (χ0v) is 24.3. The SMILES string of the molecule is CC1CCCN(c2cc(C(=O)N[C@@H](Cc3ccccc3)[C@H](O)CN[C@H]3CC4(CCC4)Oc4ccc(F)cc43)ccn2)C1. The van der Waals surface area contributed by atoms with Gasteiger partial charge in [0.25, 0.3) is 5.91 Å². The molecule has 3 heterocycles. The van der Waals surface area contributed by atoms with E-state index in [0.29, 0.717) is 23.7 Å². The number of carbonyl (C=O) groups excluding carboxylic acids is 1. The van der Waals surface area contributed by atoms with Gasteiger partial charge in [0.05, 0.1) is 12.1 Å². The lowest BCUT2D eigenvalue weighted by atomic mass is 9.73. The number of aliphatic hydroxyl groups is 1. The number of aromatic nitrogens is 1. The van der Waals surface area contributed by atoms with Crippen molar-refractivity contribution in [1.82, 2.24) is 15.6 Å². The first-order chi connectivity index (χ1) is 20.4. The summed E-state index contributed by atoms with van der Waals surface area (Å²) in [7, 11) is 0. The van der Waals surface area contributed by atoms with E-state index < -0.39 is 12.1 Å². The molecule has 3 aliphatic rings. The fourth-order valence-electron chi connectivity index (χ4n) is 6.64. The van der Waals surface area contributed by atoms with Crippen LogP contribution in [0, 0.1) is 11.7 Å². The first-order valence-corrected chi connectivity index (χ1v) is 15.3. The van der Waals surface area contributed by atoms with Crippen LogP contribution in [-0.2, 0) is 6.42 Å². The molecule has 8 heteroatoms. The fourth-order valence-corrected chi connectivity index (χ4v) is 6.64. The van der Waals surface area contributed by atoms with E-state index in [4.69, 9.17) is 4.74 Å². The van der Waals surface area contributed by atoms with Crippen molar-refractivity contribution in [2.24, 2.45) is 5.92 Å². The highest BCUT2D eigenvalue weighted by Crippen LogP contribution is 2.48. The van der Waals surface area contributed by atoms with Crippen LogP contribution in [0.3, 0.4) is 0 Å².